The molecule has 1 atom stereocenters. The molecule has 4 aromatic rings. The van der Waals surface area contributed by atoms with Gasteiger partial charge in [0, 0.05) is 18.1 Å². The van der Waals surface area contributed by atoms with Crippen molar-refractivity contribution < 1.29 is 27.5 Å². The number of carboxylic acids is 1. The van der Waals surface area contributed by atoms with Crippen LogP contribution in [0.3, 0.4) is 0 Å². The van der Waals surface area contributed by atoms with Gasteiger partial charge in [0.2, 0.25) is 0 Å². The van der Waals surface area contributed by atoms with Gasteiger partial charge in [0.15, 0.2) is 9.84 Å². The number of carboxylic acid groups (broad SMARTS) is 1. The molecule has 0 saturated carbocycles. The van der Waals surface area contributed by atoms with E-state index >= 15 is 0 Å². The molecule has 0 unspecified atom stereocenters. The first kappa shape index (κ1) is 26.0. The summed E-state index contributed by atoms with van der Waals surface area (Å²) in [4.78, 5) is 25.0. The molecule has 188 valence electrons. The highest BCUT2D eigenvalue weighted by atomic mass is 35.5. The van der Waals surface area contributed by atoms with E-state index in [2.05, 4.69) is 15.0 Å². The average molecular weight is 568 g/mol. The first-order chi connectivity index (χ1) is 17.0. The highest BCUT2D eigenvalue weighted by Gasteiger charge is 2.26. The molecule has 13 heteroatoms. The second-order valence-corrected chi connectivity index (χ2v) is 11.5. The van der Waals surface area contributed by atoms with Crippen molar-refractivity contribution in [1.29, 1.82) is 0 Å². The standard InChI is InChI=1S/C23H19Cl2N3O6S2/c1-36(32,33)14-6-2-4-12(8-14)9-17(23(30)31)27-22(29)18-16(24)10-15-20(19(18)25)35-28-21(15)26-11-13-5-3-7-34-13/h2-8,10,17H,9,11H2,1H3,(H,26,28)(H,27,29)(H,30,31)/t17-/m0/s1. The van der Waals surface area contributed by atoms with Gasteiger partial charge in [-0.3, -0.25) is 4.79 Å². The third-order valence-electron chi connectivity index (χ3n) is 5.26. The van der Waals surface area contributed by atoms with E-state index in [0.717, 1.165) is 17.8 Å². The van der Waals surface area contributed by atoms with Crippen molar-refractivity contribution in [2.24, 2.45) is 0 Å². The maximum Gasteiger partial charge on any atom is 0.326 e. The monoisotopic (exact) mass is 567 g/mol. The van der Waals surface area contributed by atoms with Crippen molar-refractivity contribution >= 4 is 72.4 Å². The lowest BCUT2D eigenvalue weighted by atomic mass is 10.1. The summed E-state index contributed by atoms with van der Waals surface area (Å²) < 4.78 is 33.8. The predicted molar refractivity (Wildman–Crippen MR) is 138 cm³/mol. The predicted octanol–water partition coefficient (Wildman–Crippen LogP) is 4.64. The molecule has 2 aromatic heterocycles. The summed E-state index contributed by atoms with van der Waals surface area (Å²) >= 11 is 14.0. The number of halogens is 2. The fourth-order valence-corrected chi connectivity index (χ4v) is 5.70. The largest absolute Gasteiger partial charge is 0.480 e. The van der Waals surface area contributed by atoms with Crippen LogP contribution in [0, 0.1) is 0 Å². The molecule has 36 heavy (non-hydrogen) atoms. The summed E-state index contributed by atoms with van der Waals surface area (Å²) in [7, 11) is -3.48. The van der Waals surface area contributed by atoms with Crippen LogP contribution in [0.4, 0.5) is 5.82 Å². The number of carbonyl (C=O) groups is 2. The van der Waals surface area contributed by atoms with E-state index in [4.69, 9.17) is 27.6 Å². The van der Waals surface area contributed by atoms with Gasteiger partial charge >= 0.3 is 5.97 Å². The number of carbonyl (C=O) groups excluding carboxylic acids is 1. The van der Waals surface area contributed by atoms with Crippen LogP contribution in [0.5, 0.6) is 0 Å². The molecule has 0 saturated heterocycles. The molecule has 1 amide bonds. The number of aromatic nitrogens is 1. The number of furan rings is 1. The number of hydrogen-bond acceptors (Lipinski definition) is 8. The molecule has 2 heterocycles. The Labute approximate surface area is 220 Å². The number of nitrogens with zero attached hydrogens (tertiary/aromatic N) is 1. The Kier molecular flexibility index (Phi) is 7.55. The fourth-order valence-electron chi connectivity index (χ4n) is 3.50. The lowest BCUT2D eigenvalue weighted by molar-refractivity contribution is -0.139. The summed E-state index contributed by atoms with van der Waals surface area (Å²) in [5, 5.41) is 15.9. The Morgan fingerprint density at radius 3 is 2.64 bits per heavy atom. The van der Waals surface area contributed by atoms with Crippen LogP contribution in [0.1, 0.15) is 21.7 Å². The first-order valence-corrected chi connectivity index (χ1v) is 13.8. The van der Waals surface area contributed by atoms with Crippen LogP contribution >= 0.6 is 34.7 Å². The molecule has 0 bridgehead atoms. The van der Waals surface area contributed by atoms with Crippen molar-refractivity contribution in [2.45, 2.75) is 23.9 Å². The number of amides is 1. The Morgan fingerprint density at radius 2 is 1.97 bits per heavy atom. The van der Waals surface area contributed by atoms with E-state index in [9.17, 15) is 23.1 Å². The summed E-state index contributed by atoms with van der Waals surface area (Å²) in [5.74, 6) is -0.872. The lowest BCUT2D eigenvalue weighted by Gasteiger charge is -2.16. The molecule has 0 aliphatic rings. The summed E-state index contributed by atoms with van der Waals surface area (Å²) in [5.41, 5.74) is 0.344. The highest BCUT2D eigenvalue weighted by molar-refractivity contribution is 7.90. The summed E-state index contributed by atoms with van der Waals surface area (Å²) in [6.07, 6.45) is 2.46. The van der Waals surface area contributed by atoms with E-state index in [0.29, 0.717) is 33.8 Å². The smallest absolute Gasteiger partial charge is 0.326 e. The quantitative estimate of drug-likeness (QED) is 0.266. The maximum atomic E-state index is 13.1. The minimum atomic E-state index is -3.48. The zero-order valence-electron chi connectivity index (χ0n) is 18.6. The fraction of sp³-hybridized carbons (Fsp3) is 0.174. The number of benzene rings is 2. The van der Waals surface area contributed by atoms with Crippen LogP contribution in [0.25, 0.3) is 10.1 Å². The van der Waals surface area contributed by atoms with E-state index in [1.165, 1.54) is 24.3 Å². The normalized spacial score (nSPS) is 12.4. The Morgan fingerprint density at radius 1 is 1.19 bits per heavy atom. The molecule has 3 N–H and O–H groups in total. The second kappa shape index (κ2) is 10.5. The average Bonchev–Trinajstić information content (AvgIpc) is 3.47. The van der Waals surface area contributed by atoms with Crippen molar-refractivity contribution in [3.05, 3.63) is 75.7 Å². The number of rotatable bonds is 9. The Hall–Kier alpha value is -3.12. The maximum absolute atomic E-state index is 13.1. The van der Waals surface area contributed by atoms with E-state index in [1.54, 1.807) is 24.5 Å². The molecule has 0 radical (unpaired) electrons. The Balaban J connectivity index is 1.57. The van der Waals surface area contributed by atoms with Gasteiger partial charge < -0.3 is 20.2 Å². The summed E-state index contributed by atoms with van der Waals surface area (Å²) in [6.45, 7) is 0.379. The topological polar surface area (TPSA) is 139 Å². The number of anilines is 1. The van der Waals surface area contributed by atoms with Crippen molar-refractivity contribution in [2.75, 3.05) is 11.6 Å². The molecule has 4 rings (SSSR count). The molecular formula is C23H19Cl2N3O6S2. The number of aliphatic carboxylic acids is 1. The van der Waals surface area contributed by atoms with Crippen molar-refractivity contribution in [1.82, 2.24) is 9.69 Å². The van der Waals surface area contributed by atoms with Gasteiger partial charge in [-0.25, -0.2) is 13.2 Å². The minimum Gasteiger partial charge on any atom is -0.480 e. The van der Waals surface area contributed by atoms with Gasteiger partial charge in [0.25, 0.3) is 5.91 Å². The van der Waals surface area contributed by atoms with Crippen molar-refractivity contribution in [3.63, 3.8) is 0 Å². The van der Waals surface area contributed by atoms with Crippen molar-refractivity contribution in [3.8, 4) is 0 Å². The third kappa shape index (κ3) is 5.65. The molecule has 0 aliphatic carbocycles. The SMILES string of the molecule is CS(=O)(=O)c1cccc(C[C@H](NC(=O)c2c(Cl)cc3c(NCc4ccco4)nsc3c2Cl)C(=O)O)c1. The summed E-state index contributed by atoms with van der Waals surface area (Å²) in [6, 6.07) is 9.63. The van der Waals surface area contributed by atoms with Crippen LogP contribution in [0.2, 0.25) is 10.0 Å². The van der Waals surface area contributed by atoms with E-state index in [1.807, 2.05) is 0 Å². The van der Waals surface area contributed by atoms with Gasteiger partial charge in [0.1, 0.15) is 17.6 Å². The molecule has 2 aromatic carbocycles. The number of nitrogens with one attached hydrogen (secondary N) is 2. The van der Waals surface area contributed by atoms with Crippen LogP contribution in [0.15, 0.2) is 58.0 Å². The number of fused-ring (bicyclic) bond motifs is 1. The van der Waals surface area contributed by atoms with Gasteiger partial charge in [-0.05, 0) is 47.4 Å². The van der Waals surface area contributed by atoms with Gasteiger partial charge in [-0.15, -0.1) is 0 Å². The minimum absolute atomic E-state index is 0.0226. The number of hydrogen-bond donors (Lipinski definition) is 3. The second-order valence-electron chi connectivity index (χ2n) is 7.88. The molecule has 0 aliphatic heterocycles. The molecule has 9 nitrogen and oxygen atoms in total. The van der Waals surface area contributed by atoms with Crippen LogP contribution in [-0.4, -0.2) is 42.1 Å². The zero-order valence-corrected chi connectivity index (χ0v) is 21.8. The molecule has 0 fully saturated rings. The Bertz CT molecular complexity index is 1550. The van der Waals surface area contributed by atoms with Crippen LogP contribution < -0.4 is 10.6 Å². The lowest BCUT2D eigenvalue weighted by Crippen LogP contribution is -2.42. The molecular weight excluding hydrogens is 549 g/mol. The van der Waals surface area contributed by atoms with Gasteiger partial charge in [-0.2, -0.15) is 4.37 Å². The van der Waals surface area contributed by atoms with Gasteiger partial charge in [0.05, 0.1) is 38.0 Å². The first-order valence-electron chi connectivity index (χ1n) is 10.4. The van der Waals surface area contributed by atoms with E-state index < -0.39 is 27.8 Å². The van der Waals surface area contributed by atoms with Crippen LogP contribution in [-0.2, 0) is 27.6 Å². The highest BCUT2D eigenvalue weighted by Crippen LogP contribution is 2.39. The van der Waals surface area contributed by atoms with Gasteiger partial charge in [-0.1, -0.05) is 35.3 Å². The van der Waals surface area contributed by atoms with E-state index in [-0.39, 0.29) is 26.9 Å². The number of sulfone groups is 1. The zero-order chi connectivity index (χ0) is 26.0. The third-order valence-corrected chi connectivity index (χ3v) is 8.04. The molecule has 0 spiro atoms.